The summed E-state index contributed by atoms with van der Waals surface area (Å²) in [6, 6.07) is 10.4. The first-order valence-electron chi connectivity index (χ1n) is 8.57. The molecule has 0 aliphatic carbocycles. The van der Waals surface area contributed by atoms with Gasteiger partial charge in [-0.3, -0.25) is 5.10 Å². The molecule has 3 rings (SSSR count). The molecular formula is C20H18ClN3O5S. The van der Waals surface area contributed by atoms with Gasteiger partial charge >= 0.3 is 5.97 Å². The summed E-state index contributed by atoms with van der Waals surface area (Å²) in [7, 11) is 4.45. The molecule has 8 nitrogen and oxygen atoms in total. The van der Waals surface area contributed by atoms with Crippen LogP contribution in [-0.4, -0.2) is 47.6 Å². The maximum atomic E-state index is 11.8. The normalized spacial score (nSPS) is 11.3. The van der Waals surface area contributed by atoms with Crippen molar-refractivity contribution < 1.29 is 24.1 Å². The number of hydrogen-bond donors (Lipinski definition) is 2. The lowest BCUT2D eigenvalue weighted by molar-refractivity contribution is -0.131. The Bertz CT molecular complexity index is 1080. The summed E-state index contributed by atoms with van der Waals surface area (Å²) in [5.74, 6) is 0.564. The van der Waals surface area contributed by atoms with E-state index in [1.807, 2.05) is 0 Å². The predicted molar refractivity (Wildman–Crippen MR) is 114 cm³/mol. The second-order valence-electron chi connectivity index (χ2n) is 5.81. The van der Waals surface area contributed by atoms with E-state index in [1.165, 1.54) is 27.4 Å². The second-order valence-corrected chi connectivity index (χ2v) is 7.26. The zero-order chi connectivity index (χ0) is 21.7. The Kier molecular flexibility index (Phi) is 6.86. The Morgan fingerprint density at radius 3 is 2.37 bits per heavy atom. The van der Waals surface area contributed by atoms with E-state index in [0.29, 0.717) is 33.7 Å². The number of H-pyrrole nitrogens is 1. The number of carboxylic acid groups (broad SMARTS) is 1. The monoisotopic (exact) mass is 447 g/mol. The number of aromatic amines is 1. The molecule has 3 aromatic rings. The van der Waals surface area contributed by atoms with Gasteiger partial charge in [0.25, 0.3) is 0 Å². The highest BCUT2D eigenvalue weighted by Crippen LogP contribution is 2.41. The van der Waals surface area contributed by atoms with Gasteiger partial charge in [-0.2, -0.15) is 0 Å². The maximum absolute atomic E-state index is 11.8. The number of hydrogen-bond acceptors (Lipinski definition) is 7. The van der Waals surface area contributed by atoms with Gasteiger partial charge in [-0.05, 0) is 54.2 Å². The molecular weight excluding hydrogens is 430 g/mol. The zero-order valence-corrected chi connectivity index (χ0v) is 17.9. The Balaban J connectivity index is 1.93. The maximum Gasteiger partial charge on any atom is 0.342 e. The number of methoxy groups -OCH3 is 3. The van der Waals surface area contributed by atoms with Gasteiger partial charge in [0.2, 0.25) is 10.9 Å². The van der Waals surface area contributed by atoms with Gasteiger partial charge in [0.05, 0.1) is 21.3 Å². The quantitative estimate of drug-likeness (QED) is 0.387. The number of carbonyl (C=O) groups is 1. The molecule has 0 fully saturated rings. The summed E-state index contributed by atoms with van der Waals surface area (Å²) in [5, 5.41) is 17.4. The molecule has 1 aromatic heterocycles. The fourth-order valence-corrected chi connectivity index (χ4v) is 3.47. The lowest BCUT2D eigenvalue weighted by atomic mass is 10.1. The smallest absolute Gasteiger partial charge is 0.342 e. The molecule has 0 atom stereocenters. The number of thioether (sulfide) groups is 1. The van der Waals surface area contributed by atoms with Crippen molar-refractivity contribution in [1.29, 1.82) is 0 Å². The molecule has 0 bridgehead atoms. The molecule has 0 saturated heterocycles. The Morgan fingerprint density at radius 2 is 1.77 bits per heavy atom. The van der Waals surface area contributed by atoms with E-state index in [9.17, 15) is 9.90 Å². The van der Waals surface area contributed by atoms with Gasteiger partial charge in [-0.1, -0.05) is 11.6 Å². The van der Waals surface area contributed by atoms with Crippen LogP contribution < -0.4 is 14.2 Å². The molecule has 2 N–H and O–H groups in total. The van der Waals surface area contributed by atoms with Crippen LogP contribution >= 0.6 is 23.4 Å². The van der Waals surface area contributed by atoms with Gasteiger partial charge in [0.15, 0.2) is 17.3 Å². The molecule has 0 aliphatic rings. The van der Waals surface area contributed by atoms with E-state index in [-0.39, 0.29) is 10.1 Å². The third-order valence-electron chi connectivity index (χ3n) is 4.02. The zero-order valence-electron chi connectivity index (χ0n) is 16.3. The molecule has 30 heavy (non-hydrogen) atoms. The number of aliphatic carboxylic acids is 1. The van der Waals surface area contributed by atoms with Crippen LogP contribution in [0.1, 0.15) is 5.56 Å². The van der Waals surface area contributed by atoms with Crippen molar-refractivity contribution in [1.82, 2.24) is 15.2 Å². The van der Waals surface area contributed by atoms with Gasteiger partial charge in [-0.25, -0.2) is 9.78 Å². The minimum Gasteiger partial charge on any atom is -0.493 e. The van der Waals surface area contributed by atoms with E-state index in [1.54, 1.807) is 36.4 Å². The molecule has 0 spiro atoms. The average molecular weight is 448 g/mol. The lowest BCUT2D eigenvalue weighted by Crippen LogP contribution is -2.00. The molecule has 156 valence electrons. The fourth-order valence-electron chi connectivity index (χ4n) is 2.64. The lowest BCUT2D eigenvalue weighted by Gasteiger charge is -2.14. The van der Waals surface area contributed by atoms with Crippen molar-refractivity contribution in [3.8, 4) is 28.6 Å². The van der Waals surface area contributed by atoms with Crippen molar-refractivity contribution in [2.45, 2.75) is 5.16 Å². The average Bonchev–Trinajstić information content (AvgIpc) is 3.21. The highest BCUT2D eigenvalue weighted by Gasteiger charge is 2.19. The van der Waals surface area contributed by atoms with Crippen LogP contribution in [0.3, 0.4) is 0 Å². The van der Waals surface area contributed by atoms with Crippen LogP contribution in [0.5, 0.6) is 17.2 Å². The highest BCUT2D eigenvalue weighted by molar-refractivity contribution is 8.04. The van der Waals surface area contributed by atoms with E-state index in [2.05, 4.69) is 15.2 Å². The first-order chi connectivity index (χ1) is 14.5. The second kappa shape index (κ2) is 9.55. The van der Waals surface area contributed by atoms with Crippen molar-refractivity contribution in [3.63, 3.8) is 0 Å². The number of nitrogens with zero attached hydrogens (tertiary/aromatic N) is 2. The first-order valence-corrected chi connectivity index (χ1v) is 9.76. The molecule has 1 heterocycles. The van der Waals surface area contributed by atoms with Crippen molar-refractivity contribution >= 4 is 35.4 Å². The number of ether oxygens (including phenoxy) is 3. The summed E-state index contributed by atoms with van der Waals surface area (Å²) in [6.07, 6.45) is 1.46. The molecule has 0 saturated carbocycles. The summed E-state index contributed by atoms with van der Waals surface area (Å²) in [6.45, 7) is 0. The SMILES string of the molecule is COc1ccc(/C=C(\Sc2n[nH]c(-c3ccc(Cl)cc3)n2)C(=O)O)c(OC)c1OC. The Hall–Kier alpha value is -3.17. The van der Waals surface area contributed by atoms with E-state index < -0.39 is 5.97 Å². The third kappa shape index (κ3) is 4.69. The van der Waals surface area contributed by atoms with Crippen molar-refractivity contribution in [3.05, 3.63) is 51.9 Å². The van der Waals surface area contributed by atoms with Crippen LogP contribution in [0.2, 0.25) is 5.02 Å². The van der Waals surface area contributed by atoms with Crippen LogP contribution in [0, 0.1) is 0 Å². The van der Waals surface area contributed by atoms with Crippen molar-refractivity contribution in [2.24, 2.45) is 0 Å². The Morgan fingerprint density at radius 1 is 1.07 bits per heavy atom. The molecule has 0 radical (unpaired) electrons. The number of benzene rings is 2. The number of aromatic nitrogens is 3. The number of halogens is 1. The molecule has 10 heteroatoms. The predicted octanol–water partition coefficient (Wildman–Crippen LogP) is 4.37. The van der Waals surface area contributed by atoms with E-state index >= 15 is 0 Å². The van der Waals surface area contributed by atoms with Gasteiger partial charge in [0, 0.05) is 16.1 Å². The van der Waals surface area contributed by atoms with Gasteiger partial charge in [0.1, 0.15) is 4.91 Å². The van der Waals surface area contributed by atoms with E-state index in [4.69, 9.17) is 25.8 Å². The largest absolute Gasteiger partial charge is 0.493 e. The molecule has 2 aromatic carbocycles. The number of rotatable bonds is 8. The molecule has 0 aliphatic heterocycles. The third-order valence-corrected chi connectivity index (χ3v) is 5.15. The number of nitrogens with one attached hydrogen (secondary N) is 1. The Labute approximate surface area is 181 Å². The molecule has 0 unspecified atom stereocenters. The highest BCUT2D eigenvalue weighted by atomic mass is 35.5. The van der Waals surface area contributed by atoms with Crippen LogP contribution in [0.4, 0.5) is 0 Å². The summed E-state index contributed by atoms with van der Waals surface area (Å²) in [5.41, 5.74) is 1.29. The molecule has 0 amide bonds. The van der Waals surface area contributed by atoms with Crippen molar-refractivity contribution in [2.75, 3.05) is 21.3 Å². The summed E-state index contributed by atoms with van der Waals surface area (Å²) in [4.78, 5) is 16.2. The van der Waals surface area contributed by atoms with Crippen LogP contribution in [0.25, 0.3) is 17.5 Å². The standard InChI is InChI=1S/C20H18ClN3O5S/c1-27-14-9-6-12(16(28-2)17(14)29-3)10-15(19(25)26)30-20-22-18(23-24-20)11-4-7-13(21)8-5-11/h4-10H,1-3H3,(H,25,26)(H,22,23,24)/b15-10-. The minimum absolute atomic E-state index is 0.00201. The summed E-state index contributed by atoms with van der Waals surface area (Å²) < 4.78 is 16.0. The fraction of sp³-hybridized carbons (Fsp3) is 0.150. The topological polar surface area (TPSA) is 107 Å². The van der Waals surface area contributed by atoms with E-state index in [0.717, 1.165) is 17.3 Å². The van der Waals surface area contributed by atoms with Crippen LogP contribution in [-0.2, 0) is 4.79 Å². The van der Waals surface area contributed by atoms with Crippen LogP contribution in [0.15, 0.2) is 46.5 Å². The van der Waals surface area contributed by atoms with Gasteiger partial charge < -0.3 is 19.3 Å². The minimum atomic E-state index is -1.13. The first kappa shape index (κ1) is 21.5. The summed E-state index contributed by atoms with van der Waals surface area (Å²) >= 11 is 6.81. The van der Waals surface area contributed by atoms with Gasteiger partial charge in [-0.15, -0.1) is 5.10 Å². The number of carboxylic acids is 1.